The van der Waals surface area contributed by atoms with Crippen molar-refractivity contribution in [2.24, 2.45) is 5.92 Å². The van der Waals surface area contributed by atoms with Gasteiger partial charge < -0.3 is 5.11 Å². The first-order valence-corrected chi connectivity index (χ1v) is 6.68. The first kappa shape index (κ1) is 11.9. The molecule has 2 rings (SSSR count). The number of carbonyl (C=O) groups is 1. The smallest absolute Gasteiger partial charge is 0.321 e. The molecule has 0 spiro atoms. The minimum Gasteiger partial charge on any atom is -0.480 e. The molecule has 0 aromatic heterocycles. The number of rotatable bonds is 3. The third-order valence-electron chi connectivity index (χ3n) is 4.31. The Morgan fingerprint density at radius 3 is 2.38 bits per heavy atom. The van der Waals surface area contributed by atoms with Crippen LogP contribution in [0.2, 0.25) is 0 Å². The predicted octanol–water partition coefficient (Wildman–Crippen LogP) is 2.50. The fraction of sp³-hybridized carbons (Fsp3) is 0.923. The monoisotopic (exact) mass is 225 g/mol. The summed E-state index contributed by atoms with van der Waals surface area (Å²) in [5, 5.41) is 9.46. The Bertz CT molecular complexity index is 248. The van der Waals surface area contributed by atoms with Crippen molar-refractivity contribution in [1.82, 2.24) is 4.90 Å². The van der Waals surface area contributed by atoms with Crippen molar-refractivity contribution < 1.29 is 9.90 Å². The van der Waals surface area contributed by atoms with Crippen LogP contribution in [0.3, 0.4) is 0 Å². The number of hydrogen-bond acceptors (Lipinski definition) is 2. The highest BCUT2D eigenvalue weighted by Crippen LogP contribution is 2.32. The lowest BCUT2D eigenvalue weighted by Crippen LogP contribution is -2.48. The summed E-state index contributed by atoms with van der Waals surface area (Å²) in [7, 11) is 0. The molecular formula is C13H23NO2. The molecule has 0 aromatic rings. The SMILES string of the molecule is CC1CCCN1C(C(=O)O)C1CCCCC1. The van der Waals surface area contributed by atoms with Crippen LogP contribution in [0.4, 0.5) is 0 Å². The van der Waals surface area contributed by atoms with E-state index in [9.17, 15) is 9.90 Å². The zero-order valence-corrected chi connectivity index (χ0v) is 10.2. The summed E-state index contributed by atoms with van der Waals surface area (Å²) in [4.78, 5) is 13.7. The van der Waals surface area contributed by atoms with Crippen molar-refractivity contribution in [2.45, 2.75) is 64.0 Å². The summed E-state index contributed by atoms with van der Waals surface area (Å²) in [5.41, 5.74) is 0. The average molecular weight is 225 g/mol. The molecule has 3 nitrogen and oxygen atoms in total. The Labute approximate surface area is 97.8 Å². The van der Waals surface area contributed by atoms with E-state index in [4.69, 9.17) is 0 Å². The van der Waals surface area contributed by atoms with E-state index in [2.05, 4.69) is 11.8 Å². The van der Waals surface area contributed by atoms with Crippen LogP contribution < -0.4 is 0 Å². The number of hydrogen-bond donors (Lipinski definition) is 1. The molecule has 16 heavy (non-hydrogen) atoms. The molecule has 0 amide bonds. The first-order chi connectivity index (χ1) is 7.70. The minimum absolute atomic E-state index is 0.210. The lowest BCUT2D eigenvalue weighted by molar-refractivity contribution is -0.146. The Morgan fingerprint density at radius 2 is 1.88 bits per heavy atom. The molecule has 92 valence electrons. The van der Waals surface area contributed by atoms with Gasteiger partial charge in [0.25, 0.3) is 0 Å². The zero-order valence-electron chi connectivity index (χ0n) is 10.2. The molecule has 3 heteroatoms. The van der Waals surface area contributed by atoms with Crippen molar-refractivity contribution in [3.63, 3.8) is 0 Å². The molecule has 2 unspecified atom stereocenters. The Morgan fingerprint density at radius 1 is 1.19 bits per heavy atom. The summed E-state index contributed by atoms with van der Waals surface area (Å²) in [6.07, 6.45) is 8.28. The highest BCUT2D eigenvalue weighted by atomic mass is 16.4. The summed E-state index contributed by atoms with van der Waals surface area (Å²) in [6.45, 7) is 3.15. The van der Waals surface area contributed by atoms with Crippen LogP contribution in [0.25, 0.3) is 0 Å². The maximum Gasteiger partial charge on any atom is 0.321 e. The molecule has 2 fully saturated rings. The van der Waals surface area contributed by atoms with Crippen LogP contribution in [0.1, 0.15) is 51.9 Å². The van der Waals surface area contributed by atoms with Crippen molar-refractivity contribution in [3.8, 4) is 0 Å². The van der Waals surface area contributed by atoms with Crippen molar-refractivity contribution in [2.75, 3.05) is 6.54 Å². The summed E-state index contributed by atoms with van der Waals surface area (Å²) >= 11 is 0. The molecule has 0 aromatic carbocycles. The molecule has 1 N–H and O–H groups in total. The summed E-state index contributed by atoms with van der Waals surface area (Å²) in [6, 6.07) is 0.251. The van der Waals surface area contributed by atoms with Gasteiger partial charge in [-0.1, -0.05) is 19.3 Å². The Hall–Kier alpha value is -0.570. The first-order valence-electron chi connectivity index (χ1n) is 6.68. The average Bonchev–Trinajstić information content (AvgIpc) is 2.66. The number of carboxylic acid groups (broad SMARTS) is 1. The van der Waals surface area contributed by atoms with Crippen LogP contribution in [-0.2, 0) is 4.79 Å². The predicted molar refractivity (Wildman–Crippen MR) is 63.4 cm³/mol. The van der Waals surface area contributed by atoms with Crippen molar-refractivity contribution >= 4 is 5.97 Å². The largest absolute Gasteiger partial charge is 0.480 e. The third-order valence-corrected chi connectivity index (χ3v) is 4.31. The highest BCUT2D eigenvalue weighted by molar-refractivity contribution is 5.74. The van der Waals surface area contributed by atoms with Gasteiger partial charge in [0.05, 0.1) is 0 Å². The van der Waals surface area contributed by atoms with E-state index in [1.54, 1.807) is 0 Å². The van der Waals surface area contributed by atoms with E-state index in [0.717, 1.165) is 32.2 Å². The van der Waals surface area contributed by atoms with Gasteiger partial charge in [0.1, 0.15) is 6.04 Å². The highest BCUT2D eigenvalue weighted by Gasteiger charge is 2.38. The third kappa shape index (κ3) is 2.40. The van der Waals surface area contributed by atoms with Crippen LogP contribution in [0.5, 0.6) is 0 Å². The van der Waals surface area contributed by atoms with E-state index < -0.39 is 5.97 Å². The maximum absolute atomic E-state index is 11.5. The van der Waals surface area contributed by atoms with Gasteiger partial charge in [0.15, 0.2) is 0 Å². The number of carboxylic acids is 1. The lowest BCUT2D eigenvalue weighted by Gasteiger charge is -2.36. The molecule has 2 atom stereocenters. The molecule has 2 aliphatic rings. The van der Waals surface area contributed by atoms with Crippen molar-refractivity contribution in [1.29, 1.82) is 0 Å². The van der Waals surface area contributed by atoms with Gasteiger partial charge in [-0.2, -0.15) is 0 Å². The summed E-state index contributed by atoms with van der Waals surface area (Å²) < 4.78 is 0. The van der Waals surface area contributed by atoms with E-state index >= 15 is 0 Å². The van der Waals surface area contributed by atoms with Crippen LogP contribution >= 0.6 is 0 Å². The fourth-order valence-corrected chi connectivity index (χ4v) is 3.43. The second-order valence-corrected chi connectivity index (χ2v) is 5.41. The molecule has 0 radical (unpaired) electrons. The molecule has 1 saturated heterocycles. The van der Waals surface area contributed by atoms with Crippen LogP contribution in [0.15, 0.2) is 0 Å². The molecule has 1 aliphatic heterocycles. The van der Waals surface area contributed by atoms with Gasteiger partial charge in [-0.05, 0) is 45.1 Å². The second-order valence-electron chi connectivity index (χ2n) is 5.41. The zero-order chi connectivity index (χ0) is 11.5. The number of likely N-dealkylation sites (tertiary alicyclic amines) is 1. The maximum atomic E-state index is 11.5. The van der Waals surface area contributed by atoms with Gasteiger partial charge in [-0.3, -0.25) is 9.69 Å². The Kier molecular flexibility index (Phi) is 3.85. The van der Waals surface area contributed by atoms with E-state index in [-0.39, 0.29) is 6.04 Å². The standard InChI is InChI=1S/C13H23NO2/c1-10-6-5-9-14(10)12(13(15)16)11-7-3-2-4-8-11/h10-12H,2-9H2,1H3,(H,15,16). The number of aliphatic carboxylic acids is 1. The van der Waals surface area contributed by atoms with Gasteiger partial charge in [-0.25, -0.2) is 0 Å². The van der Waals surface area contributed by atoms with Gasteiger partial charge in [0.2, 0.25) is 0 Å². The minimum atomic E-state index is -0.597. The van der Waals surface area contributed by atoms with Gasteiger partial charge >= 0.3 is 5.97 Å². The molecule has 1 saturated carbocycles. The fourth-order valence-electron chi connectivity index (χ4n) is 3.43. The molecule has 0 bridgehead atoms. The molecular weight excluding hydrogens is 202 g/mol. The summed E-state index contributed by atoms with van der Waals surface area (Å²) in [5.74, 6) is -0.201. The molecule has 1 heterocycles. The second kappa shape index (κ2) is 5.17. The quantitative estimate of drug-likeness (QED) is 0.802. The van der Waals surface area contributed by atoms with Gasteiger partial charge in [-0.15, -0.1) is 0 Å². The van der Waals surface area contributed by atoms with Crippen LogP contribution in [0, 0.1) is 5.92 Å². The van der Waals surface area contributed by atoms with E-state index in [0.29, 0.717) is 12.0 Å². The van der Waals surface area contributed by atoms with E-state index in [1.165, 1.54) is 19.3 Å². The van der Waals surface area contributed by atoms with E-state index in [1.807, 2.05) is 0 Å². The van der Waals surface area contributed by atoms with Crippen LogP contribution in [-0.4, -0.2) is 34.6 Å². The van der Waals surface area contributed by atoms with Crippen molar-refractivity contribution in [3.05, 3.63) is 0 Å². The Balaban J connectivity index is 2.06. The normalized spacial score (nSPS) is 30.4. The topological polar surface area (TPSA) is 40.5 Å². The molecule has 1 aliphatic carbocycles. The number of nitrogens with zero attached hydrogens (tertiary/aromatic N) is 1. The lowest BCUT2D eigenvalue weighted by atomic mass is 9.83. The van der Waals surface area contributed by atoms with Gasteiger partial charge in [0, 0.05) is 6.04 Å².